The van der Waals surface area contributed by atoms with Gasteiger partial charge >= 0.3 is 0 Å². The number of hydrogen-bond donors (Lipinski definition) is 2. The third kappa shape index (κ3) is 4.23. The monoisotopic (exact) mass is 465 g/mol. The Morgan fingerprint density at radius 3 is 2.69 bits per heavy atom. The van der Waals surface area contributed by atoms with Gasteiger partial charge < -0.3 is 20.5 Å². The van der Waals surface area contributed by atoms with Gasteiger partial charge in [-0.1, -0.05) is 24.3 Å². The molecule has 26 heavy (non-hydrogen) atoms. The number of nitrogens with one attached hydrogen (secondary N) is 1. The molecule has 2 atom stereocenters. The van der Waals surface area contributed by atoms with E-state index in [-0.39, 0.29) is 30.0 Å². The van der Waals surface area contributed by atoms with Crippen molar-refractivity contribution in [3.8, 4) is 11.5 Å². The quantitative estimate of drug-likeness (QED) is 0.408. The zero-order valence-electron chi connectivity index (χ0n) is 14.8. The predicted molar refractivity (Wildman–Crippen MR) is 115 cm³/mol. The first-order valence-corrected chi connectivity index (χ1v) is 8.76. The summed E-state index contributed by atoms with van der Waals surface area (Å²) in [7, 11) is 0. The molecule has 4 rings (SSSR count). The van der Waals surface area contributed by atoms with Crippen LogP contribution in [0.4, 0.5) is 5.69 Å². The van der Waals surface area contributed by atoms with Crippen LogP contribution in [0.1, 0.15) is 29.9 Å². The van der Waals surface area contributed by atoms with Crippen LogP contribution in [0.25, 0.3) is 0 Å². The molecule has 3 N–H and O–H groups in total. The fraction of sp³-hybridized carbons (Fsp3) is 0.350. The molecule has 5 nitrogen and oxygen atoms in total. The van der Waals surface area contributed by atoms with Gasteiger partial charge in [-0.25, -0.2) is 4.99 Å². The molecule has 1 heterocycles. The average molecular weight is 465 g/mol. The summed E-state index contributed by atoms with van der Waals surface area (Å²) < 4.78 is 11.3. The molecule has 138 valence electrons. The fourth-order valence-electron chi connectivity index (χ4n) is 3.26. The van der Waals surface area contributed by atoms with Gasteiger partial charge in [0.25, 0.3) is 0 Å². The van der Waals surface area contributed by atoms with E-state index in [1.165, 1.54) is 11.1 Å². The SMILES string of the molecule is Cc1ccccc1C1CC1N=C(N)Nc1ccc2c(c1)OCCCO2.I. The zero-order chi connectivity index (χ0) is 17.2. The summed E-state index contributed by atoms with van der Waals surface area (Å²) in [5, 5.41) is 3.16. The summed E-state index contributed by atoms with van der Waals surface area (Å²) in [4.78, 5) is 4.62. The molecule has 1 aliphatic heterocycles. The van der Waals surface area contributed by atoms with Gasteiger partial charge in [0, 0.05) is 24.1 Å². The zero-order valence-corrected chi connectivity index (χ0v) is 17.1. The Bertz CT molecular complexity index is 809. The van der Waals surface area contributed by atoms with Crippen LogP contribution >= 0.6 is 24.0 Å². The summed E-state index contributed by atoms with van der Waals surface area (Å²) >= 11 is 0. The second-order valence-corrected chi connectivity index (χ2v) is 6.62. The fourth-order valence-corrected chi connectivity index (χ4v) is 3.26. The number of guanidine groups is 1. The molecule has 0 spiro atoms. The third-order valence-corrected chi connectivity index (χ3v) is 4.67. The van der Waals surface area contributed by atoms with Gasteiger partial charge in [-0.2, -0.15) is 0 Å². The van der Waals surface area contributed by atoms with Crippen LogP contribution in [0.15, 0.2) is 47.5 Å². The summed E-state index contributed by atoms with van der Waals surface area (Å²) in [6, 6.07) is 14.5. The summed E-state index contributed by atoms with van der Waals surface area (Å²) in [5.41, 5.74) is 9.65. The van der Waals surface area contributed by atoms with Gasteiger partial charge in [-0.3, -0.25) is 0 Å². The average Bonchev–Trinajstić information content (AvgIpc) is 3.38. The van der Waals surface area contributed by atoms with E-state index >= 15 is 0 Å². The van der Waals surface area contributed by atoms with Crippen LogP contribution in [0.2, 0.25) is 0 Å². The van der Waals surface area contributed by atoms with E-state index < -0.39 is 0 Å². The number of ether oxygens (including phenoxy) is 2. The van der Waals surface area contributed by atoms with E-state index in [0.29, 0.717) is 25.1 Å². The lowest BCUT2D eigenvalue weighted by atomic mass is 10.0. The number of halogens is 1. The van der Waals surface area contributed by atoms with Gasteiger partial charge in [-0.15, -0.1) is 24.0 Å². The lowest BCUT2D eigenvalue weighted by Gasteiger charge is -2.11. The van der Waals surface area contributed by atoms with E-state index in [2.05, 4.69) is 41.5 Å². The van der Waals surface area contributed by atoms with E-state index in [4.69, 9.17) is 15.2 Å². The Morgan fingerprint density at radius 2 is 1.88 bits per heavy atom. The summed E-state index contributed by atoms with van der Waals surface area (Å²) in [6.45, 7) is 3.50. The van der Waals surface area contributed by atoms with E-state index in [9.17, 15) is 0 Å². The van der Waals surface area contributed by atoms with Crippen molar-refractivity contribution in [3.63, 3.8) is 0 Å². The molecule has 2 aromatic carbocycles. The highest BCUT2D eigenvalue weighted by molar-refractivity contribution is 14.0. The standard InChI is InChI=1S/C20H23N3O2.HI/c1-13-5-2-3-6-15(13)16-12-17(16)23-20(21)22-14-7-8-18-19(11-14)25-10-4-9-24-18;/h2-3,5-8,11,16-17H,4,9-10,12H2,1H3,(H3,21,22,23);1H. The van der Waals surface area contributed by atoms with Gasteiger partial charge in [0.05, 0.1) is 19.3 Å². The first kappa shape index (κ1) is 18.8. The molecule has 1 saturated carbocycles. The number of fused-ring (bicyclic) bond motifs is 1. The van der Waals surface area contributed by atoms with Gasteiger partial charge in [0.15, 0.2) is 17.5 Å². The van der Waals surface area contributed by atoms with Crippen molar-refractivity contribution in [1.29, 1.82) is 0 Å². The number of nitrogens with two attached hydrogens (primary N) is 1. The first-order valence-electron chi connectivity index (χ1n) is 8.76. The van der Waals surface area contributed by atoms with Crippen molar-refractivity contribution in [2.24, 2.45) is 10.7 Å². The lowest BCUT2D eigenvalue weighted by Crippen LogP contribution is -2.23. The highest BCUT2D eigenvalue weighted by atomic mass is 127. The maximum Gasteiger partial charge on any atom is 0.193 e. The molecule has 0 radical (unpaired) electrons. The molecule has 2 unspecified atom stereocenters. The maximum atomic E-state index is 6.10. The molecule has 0 aromatic heterocycles. The molecule has 0 saturated heterocycles. The second kappa shape index (κ2) is 8.16. The Morgan fingerprint density at radius 1 is 1.12 bits per heavy atom. The van der Waals surface area contributed by atoms with Gasteiger partial charge in [0.2, 0.25) is 0 Å². The van der Waals surface area contributed by atoms with Gasteiger partial charge in [0.1, 0.15) is 0 Å². The lowest BCUT2D eigenvalue weighted by molar-refractivity contribution is 0.297. The molecule has 2 aromatic rings. The van der Waals surface area contributed by atoms with Crippen molar-refractivity contribution in [2.75, 3.05) is 18.5 Å². The molecule has 1 aliphatic carbocycles. The minimum absolute atomic E-state index is 0. The van der Waals surface area contributed by atoms with E-state index in [0.717, 1.165) is 30.0 Å². The number of hydrogen-bond acceptors (Lipinski definition) is 3. The highest BCUT2D eigenvalue weighted by Gasteiger charge is 2.39. The van der Waals surface area contributed by atoms with Crippen LogP contribution < -0.4 is 20.5 Å². The van der Waals surface area contributed by atoms with Crippen molar-refractivity contribution in [1.82, 2.24) is 0 Å². The largest absolute Gasteiger partial charge is 0.490 e. The Labute approximate surface area is 171 Å². The summed E-state index contributed by atoms with van der Waals surface area (Å²) in [5.74, 6) is 2.45. The van der Waals surface area contributed by atoms with Gasteiger partial charge in [-0.05, 0) is 36.6 Å². The normalized spacial score (nSPS) is 21.3. The maximum absolute atomic E-state index is 6.10. The Balaban J connectivity index is 0.00000196. The molecule has 6 heteroatoms. The number of rotatable bonds is 3. The van der Waals surface area contributed by atoms with Crippen LogP contribution in [0, 0.1) is 6.92 Å². The van der Waals surface area contributed by atoms with E-state index in [1.54, 1.807) is 0 Å². The van der Waals surface area contributed by atoms with Crippen LogP contribution in [-0.4, -0.2) is 25.2 Å². The molecular formula is C20H24IN3O2. The number of anilines is 1. The van der Waals surface area contributed by atoms with Crippen molar-refractivity contribution in [3.05, 3.63) is 53.6 Å². The minimum Gasteiger partial charge on any atom is -0.490 e. The molecule has 1 fully saturated rings. The van der Waals surface area contributed by atoms with Crippen molar-refractivity contribution < 1.29 is 9.47 Å². The van der Waals surface area contributed by atoms with Crippen LogP contribution in [0.3, 0.4) is 0 Å². The van der Waals surface area contributed by atoms with Crippen molar-refractivity contribution >= 4 is 35.6 Å². The number of benzene rings is 2. The second-order valence-electron chi connectivity index (χ2n) is 6.62. The highest BCUT2D eigenvalue weighted by Crippen LogP contribution is 2.44. The number of aliphatic imine (C=N–C) groups is 1. The van der Waals surface area contributed by atoms with Crippen molar-refractivity contribution in [2.45, 2.75) is 31.7 Å². The smallest absolute Gasteiger partial charge is 0.193 e. The predicted octanol–water partition coefficient (Wildman–Crippen LogP) is 4.06. The molecule has 0 amide bonds. The Kier molecular flexibility index (Phi) is 5.90. The first-order chi connectivity index (χ1) is 12.2. The third-order valence-electron chi connectivity index (χ3n) is 4.67. The minimum atomic E-state index is 0. The molecule has 0 bridgehead atoms. The summed E-state index contributed by atoms with van der Waals surface area (Å²) in [6.07, 6.45) is 1.94. The van der Waals surface area contributed by atoms with Crippen LogP contribution in [-0.2, 0) is 0 Å². The van der Waals surface area contributed by atoms with Crippen LogP contribution in [0.5, 0.6) is 11.5 Å². The topological polar surface area (TPSA) is 68.9 Å². The molecule has 2 aliphatic rings. The van der Waals surface area contributed by atoms with E-state index in [1.807, 2.05) is 18.2 Å². The number of aryl methyl sites for hydroxylation is 1. The number of nitrogens with zero attached hydrogens (tertiary/aromatic N) is 1. The molecular weight excluding hydrogens is 441 g/mol. The Hall–Kier alpha value is -1.96.